The van der Waals surface area contributed by atoms with Gasteiger partial charge in [0.2, 0.25) is 0 Å². The zero-order valence-electron chi connectivity index (χ0n) is 15.6. The van der Waals surface area contributed by atoms with Gasteiger partial charge >= 0.3 is 0 Å². The van der Waals surface area contributed by atoms with Crippen molar-refractivity contribution in [3.63, 3.8) is 0 Å². The first kappa shape index (κ1) is 18.3. The van der Waals surface area contributed by atoms with Gasteiger partial charge in [-0.05, 0) is 37.6 Å². The van der Waals surface area contributed by atoms with Crippen LogP contribution in [0.15, 0.2) is 48.5 Å². The molecule has 1 saturated heterocycles. The number of rotatable bonds is 6. The third-order valence-corrected chi connectivity index (χ3v) is 4.80. The van der Waals surface area contributed by atoms with Gasteiger partial charge in [-0.1, -0.05) is 30.3 Å². The average molecular weight is 354 g/mol. The Labute approximate surface area is 155 Å². The molecule has 2 aromatic rings. The Kier molecular flexibility index (Phi) is 6.12. The summed E-state index contributed by atoms with van der Waals surface area (Å²) in [6.07, 6.45) is 0. The van der Waals surface area contributed by atoms with E-state index >= 15 is 0 Å². The van der Waals surface area contributed by atoms with Crippen molar-refractivity contribution < 1.29 is 14.4 Å². The SMILES string of the molecule is CCOc1ccccc1NC(=O)C[NH+]1CCN(c2ccccc2C)CC1. The van der Waals surface area contributed by atoms with E-state index in [1.165, 1.54) is 16.2 Å². The van der Waals surface area contributed by atoms with E-state index in [0.717, 1.165) is 37.6 Å². The Morgan fingerprint density at radius 2 is 1.81 bits per heavy atom. The predicted molar refractivity (Wildman–Crippen MR) is 105 cm³/mol. The van der Waals surface area contributed by atoms with E-state index in [9.17, 15) is 4.79 Å². The quantitative estimate of drug-likeness (QED) is 0.831. The number of anilines is 2. The van der Waals surface area contributed by atoms with Gasteiger partial charge in [-0.25, -0.2) is 0 Å². The van der Waals surface area contributed by atoms with Gasteiger partial charge in [-0.3, -0.25) is 4.79 Å². The zero-order valence-corrected chi connectivity index (χ0v) is 15.6. The summed E-state index contributed by atoms with van der Waals surface area (Å²) < 4.78 is 5.57. The van der Waals surface area contributed by atoms with Gasteiger partial charge in [0.05, 0.1) is 38.5 Å². The van der Waals surface area contributed by atoms with Crippen LogP contribution in [-0.2, 0) is 4.79 Å². The molecule has 0 radical (unpaired) electrons. The molecule has 1 aliphatic heterocycles. The second kappa shape index (κ2) is 8.72. The lowest BCUT2D eigenvalue weighted by molar-refractivity contribution is -0.892. The minimum atomic E-state index is 0.0384. The lowest BCUT2D eigenvalue weighted by Crippen LogP contribution is -3.15. The van der Waals surface area contributed by atoms with Crippen molar-refractivity contribution in [1.29, 1.82) is 0 Å². The number of nitrogens with zero attached hydrogens (tertiary/aromatic N) is 1. The summed E-state index contributed by atoms with van der Waals surface area (Å²) in [5, 5.41) is 3.00. The van der Waals surface area contributed by atoms with Crippen LogP contribution in [0.5, 0.6) is 5.75 Å². The fourth-order valence-corrected chi connectivity index (χ4v) is 3.43. The smallest absolute Gasteiger partial charge is 0.279 e. The van der Waals surface area contributed by atoms with Gasteiger partial charge in [-0.2, -0.15) is 0 Å². The van der Waals surface area contributed by atoms with Crippen LogP contribution < -0.4 is 19.9 Å². The van der Waals surface area contributed by atoms with Gasteiger partial charge in [0.15, 0.2) is 6.54 Å². The molecule has 0 saturated carbocycles. The Balaban J connectivity index is 1.52. The molecule has 2 aromatic carbocycles. The molecule has 0 atom stereocenters. The van der Waals surface area contributed by atoms with E-state index < -0.39 is 0 Å². The molecule has 1 aliphatic rings. The molecule has 0 aliphatic carbocycles. The second-order valence-electron chi connectivity index (χ2n) is 6.68. The molecular weight excluding hydrogens is 326 g/mol. The third-order valence-electron chi connectivity index (χ3n) is 4.80. The van der Waals surface area contributed by atoms with Crippen molar-refractivity contribution in [3.8, 4) is 5.75 Å². The summed E-state index contributed by atoms with van der Waals surface area (Å²) in [5.74, 6) is 0.763. The van der Waals surface area contributed by atoms with Crippen LogP contribution in [0.4, 0.5) is 11.4 Å². The molecule has 5 nitrogen and oxygen atoms in total. The summed E-state index contributed by atoms with van der Waals surface area (Å²) in [6.45, 7) is 9.05. The molecule has 1 fully saturated rings. The molecule has 5 heteroatoms. The van der Waals surface area contributed by atoms with Crippen LogP contribution in [0.3, 0.4) is 0 Å². The van der Waals surface area contributed by atoms with Crippen molar-refractivity contribution in [2.75, 3.05) is 49.5 Å². The standard InChI is InChI=1S/C21H27N3O2/c1-3-26-20-11-7-5-9-18(20)22-21(25)16-23-12-14-24(15-13-23)19-10-6-4-8-17(19)2/h4-11H,3,12-16H2,1-2H3,(H,22,25)/p+1. The average Bonchev–Trinajstić information content (AvgIpc) is 2.65. The monoisotopic (exact) mass is 354 g/mol. The fraction of sp³-hybridized carbons (Fsp3) is 0.381. The van der Waals surface area contributed by atoms with Crippen LogP contribution in [-0.4, -0.2) is 45.2 Å². The molecule has 1 heterocycles. The number of hydrogen-bond acceptors (Lipinski definition) is 3. The molecule has 1 amide bonds. The van der Waals surface area contributed by atoms with Gasteiger partial charge < -0.3 is 19.9 Å². The number of para-hydroxylation sites is 3. The predicted octanol–water partition coefficient (Wildman–Crippen LogP) is 1.74. The van der Waals surface area contributed by atoms with Crippen LogP contribution in [0.25, 0.3) is 0 Å². The highest BCUT2D eigenvalue weighted by Gasteiger charge is 2.23. The minimum Gasteiger partial charge on any atom is -0.492 e. The number of hydrogen-bond donors (Lipinski definition) is 2. The Hall–Kier alpha value is -2.53. The van der Waals surface area contributed by atoms with Crippen LogP contribution in [0.1, 0.15) is 12.5 Å². The topological polar surface area (TPSA) is 46.0 Å². The number of quaternary nitrogens is 1. The number of aryl methyl sites for hydroxylation is 1. The maximum Gasteiger partial charge on any atom is 0.279 e. The first-order chi connectivity index (χ1) is 12.7. The van der Waals surface area contributed by atoms with E-state index in [0.29, 0.717) is 13.2 Å². The van der Waals surface area contributed by atoms with Gasteiger partial charge in [0, 0.05) is 5.69 Å². The molecule has 0 unspecified atom stereocenters. The summed E-state index contributed by atoms with van der Waals surface area (Å²) in [7, 11) is 0. The summed E-state index contributed by atoms with van der Waals surface area (Å²) in [5.41, 5.74) is 3.36. The highest BCUT2D eigenvalue weighted by atomic mass is 16.5. The summed E-state index contributed by atoms with van der Waals surface area (Å²) in [6, 6.07) is 16.1. The molecule has 26 heavy (non-hydrogen) atoms. The van der Waals surface area contributed by atoms with E-state index in [1.54, 1.807) is 0 Å². The number of carbonyl (C=O) groups excluding carboxylic acids is 1. The number of piperazine rings is 1. The Bertz CT molecular complexity index is 740. The number of nitrogens with one attached hydrogen (secondary N) is 2. The molecule has 2 N–H and O–H groups in total. The maximum atomic E-state index is 12.4. The zero-order chi connectivity index (χ0) is 18.4. The van der Waals surface area contributed by atoms with Crippen LogP contribution >= 0.6 is 0 Å². The lowest BCUT2D eigenvalue weighted by Gasteiger charge is -2.34. The normalized spacial score (nSPS) is 14.9. The minimum absolute atomic E-state index is 0.0384. The fourth-order valence-electron chi connectivity index (χ4n) is 3.43. The maximum absolute atomic E-state index is 12.4. The molecular formula is C21H28N3O2+. The molecule has 138 valence electrons. The van der Waals surface area contributed by atoms with Crippen molar-refractivity contribution in [2.45, 2.75) is 13.8 Å². The van der Waals surface area contributed by atoms with Crippen molar-refractivity contribution in [1.82, 2.24) is 0 Å². The van der Waals surface area contributed by atoms with Crippen molar-refractivity contribution >= 4 is 17.3 Å². The van der Waals surface area contributed by atoms with Gasteiger partial charge in [0.25, 0.3) is 5.91 Å². The van der Waals surface area contributed by atoms with Crippen molar-refractivity contribution in [3.05, 3.63) is 54.1 Å². The summed E-state index contributed by atoms with van der Waals surface area (Å²) >= 11 is 0. The molecule has 3 rings (SSSR count). The molecule has 0 spiro atoms. The van der Waals surface area contributed by atoms with E-state index in [1.807, 2.05) is 31.2 Å². The lowest BCUT2D eigenvalue weighted by atomic mass is 10.1. The first-order valence-corrected chi connectivity index (χ1v) is 9.33. The third kappa shape index (κ3) is 4.55. The highest BCUT2D eigenvalue weighted by Crippen LogP contribution is 2.23. The number of ether oxygens (including phenoxy) is 1. The number of carbonyl (C=O) groups is 1. The highest BCUT2D eigenvalue weighted by molar-refractivity contribution is 5.92. The second-order valence-corrected chi connectivity index (χ2v) is 6.68. The van der Waals surface area contributed by atoms with Crippen molar-refractivity contribution in [2.24, 2.45) is 0 Å². The largest absolute Gasteiger partial charge is 0.492 e. The molecule has 0 aromatic heterocycles. The van der Waals surface area contributed by atoms with Gasteiger partial charge in [-0.15, -0.1) is 0 Å². The number of benzene rings is 2. The molecule has 0 bridgehead atoms. The Morgan fingerprint density at radius 3 is 2.54 bits per heavy atom. The summed E-state index contributed by atoms with van der Waals surface area (Å²) in [4.78, 5) is 16.2. The van der Waals surface area contributed by atoms with E-state index in [4.69, 9.17) is 4.74 Å². The van der Waals surface area contributed by atoms with E-state index in [2.05, 4.69) is 41.4 Å². The van der Waals surface area contributed by atoms with Crippen LogP contribution in [0.2, 0.25) is 0 Å². The van der Waals surface area contributed by atoms with E-state index in [-0.39, 0.29) is 5.91 Å². The Morgan fingerprint density at radius 1 is 1.12 bits per heavy atom. The van der Waals surface area contributed by atoms with Crippen LogP contribution in [0, 0.1) is 6.92 Å². The first-order valence-electron chi connectivity index (χ1n) is 9.33. The number of amides is 1. The van der Waals surface area contributed by atoms with Gasteiger partial charge in [0.1, 0.15) is 5.75 Å².